The molecule has 0 unspecified atom stereocenters. The fourth-order valence-electron chi connectivity index (χ4n) is 4.14. The highest BCUT2D eigenvalue weighted by molar-refractivity contribution is 6.30. The van der Waals surface area contributed by atoms with E-state index in [0.717, 1.165) is 40.8 Å². The first-order valence-electron chi connectivity index (χ1n) is 11.7. The van der Waals surface area contributed by atoms with Gasteiger partial charge in [0.1, 0.15) is 5.15 Å². The molecule has 7 nitrogen and oxygen atoms in total. The molecule has 0 bridgehead atoms. The lowest BCUT2D eigenvalue weighted by Crippen LogP contribution is -2.27. The lowest BCUT2D eigenvalue weighted by Gasteiger charge is -2.11. The fraction of sp³-hybridized carbons (Fsp3) is 0.385. The first-order chi connectivity index (χ1) is 16.3. The molecule has 0 atom stereocenters. The summed E-state index contributed by atoms with van der Waals surface area (Å²) in [7, 11) is 0. The van der Waals surface area contributed by atoms with Crippen molar-refractivity contribution in [3.05, 3.63) is 75.4 Å². The molecule has 34 heavy (non-hydrogen) atoms. The highest BCUT2D eigenvalue weighted by Crippen LogP contribution is 2.30. The van der Waals surface area contributed by atoms with Gasteiger partial charge in [-0.25, -0.2) is 4.79 Å². The molecule has 0 spiro atoms. The minimum atomic E-state index is -0.0380. The van der Waals surface area contributed by atoms with E-state index in [0.29, 0.717) is 35.9 Å². The molecular formula is C26H31ClN6O. The number of imidazole rings is 1. The first-order valence-corrected chi connectivity index (χ1v) is 12.1. The average Bonchev–Trinajstić information content (AvgIpc) is 3.42. The van der Waals surface area contributed by atoms with Crippen molar-refractivity contribution in [2.45, 2.75) is 53.6 Å². The quantitative estimate of drug-likeness (QED) is 0.347. The van der Waals surface area contributed by atoms with Crippen molar-refractivity contribution in [1.29, 1.82) is 0 Å². The van der Waals surface area contributed by atoms with Crippen molar-refractivity contribution >= 4 is 11.6 Å². The molecule has 0 aliphatic carbocycles. The number of tetrazole rings is 1. The number of rotatable bonds is 9. The van der Waals surface area contributed by atoms with Crippen molar-refractivity contribution in [2.75, 3.05) is 0 Å². The first kappa shape index (κ1) is 24.0. The fourth-order valence-corrected chi connectivity index (χ4v) is 4.48. The molecule has 1 N–H and O–H groups in total. The van der Waals surface area contributed by atoms with Gasteiger partial charge in [-0.1, -0.05) is 87.8 Å². The van der Waals surface area contributed by atoms with E-state index in [2.05, 4.69) is 72.6 Å². The van der Waals surface area contributed by atoms with Gasteiger partial charge in [0.15, 0.2) is 0 Å². The average molecular weight is 479 g/mol. The van der Waals surface area contributed by atoms with Crippen LogP contribution in [0, 0.1) is 11.8 Å². The number of hydrogen-bond acceptors (Lipinski definition) is 4. The van der Waals surface area contributed by atoms with E-state index in [4.69, 9.17) is 11.6 Å². The molecule has 0 fully saturated rings. The van der Waals surface area contributed by atoms with Gasteiger partial charge in [-0.05, 0) is 46.6 Å². The van der Waals surface area contributed by atoms with Gasteiger partial charge in [0.05, 0.1) is 12.2 Å². The van der Waals surface area contributed by atoms with Gasteiger partial charge in [0, 0.05) is 12.1 Å². The lowest BCUT2D eigenvalue weighted by molar-refractivity contribution is 0.504. The minimum absolute atomic E-state index is 0.0380. The largest absolute Gasteiger partial charge is 0.329 e. The van der Waals surface area contributed by atoms with Crippen LogP contribution in [0.3, 0.4) is 0 Å². The van der Waals surface area contributed by atoms with Gasteiger partial charge >= 0.3 is 5.69 Å². The van der Waals surface area contributed by atoms with Crippen LogP contribution in [0.15, 0.2) is 53.3 Å². The molecule has 8 heteroatoms. The summed E-state index contributed by atoms with van der Waals surface area (Å²) < 4.78 is 3.56. The van der Waals surface area contributed by atoms with Crippen molar-refractivity contribution < 1.29 is 0 Å². The zero-order valence-corrected chi connectivity index (χ0v) is 20.9. The molecular weight excluding hydrogens is 448 g/mol. The van der Waals surface area contributed by atoms with Crippen molar-refractivity contribution in [2.24, 2.45) is 11.8 Å². The maximum atomic E-state index is 13.3. The molecule has 2 aromatic heterocycles. The topological polar surface area (TPSA) is 81.4 Å². The van der Waals surface area contributed by atoms with Crippen LogP contribution in [0.25, 0.3) is 22.5 Å². The summed E-state index contributed by atoms with van der Waals surface area (Å²) in [6.07, 6.45) is 1.77. The second-order valence-electron chi connectivity index (χ2n) is 9.52. The maximum Gasteiger partial charge on any atom is 0.329 e. The summed E-state index contributed by atoms with van der Waals surface area (Å²) in [5, 5.41) is 15.0. The van der Waals surface area contributed by atoms with E-state index in [9.17, 15) is 4.79 Å². The molecule has 0 saturated carbocycles. The number of halogens is 1. The number of aromatic amines is 1. The molecule has 0 saturated heterocycles. The second kappa shape index (κ2) is 10.4. The Morgan fingerprint density at radius 1 is 0.941 bits per heavy atom. The van der Waals surface area contributed by atoms with Gasteiger partial charge in [-0.2, -0.15) is 5.21 Å². The minimum Gasteiger partial charge on any atom is -0.290 e. The maximum absolute atomic E-state index is 13.3. The molecule has 0 radical (unpaired) electrons. The predicted octanol–water partition coefficient (Wildman–Crippen LogP) is 5.44. The van der Waals surface area contributed by atoms with E-state index in [1.807, 2.05) is 28.8 Å². The van der Waals surface area contributed by atoms with Gasteiger partial charge in [0.2, 0.25) is 5.82 Å². The monoisotopic (exact) mass is 478 g/mol. The SMILES string of the molecule is CC(C)CCc1c(Cl)n(CC(C)C)c(=O)n1Cc1ccc(-c2ccccc2-c2nn[nH]n2)cc1. The van der Waals surface area contributed by atoms with Crippen molar-refractivity contribution in [3.8, 4) is 22.5 Å². The summed E-state index contributed by atoms with van der Waals surface area (Å²) in [6, 6.07) is 16.2. The molecule has 4 aromatic rings. The van der Waals surface area contributed by atoms with Gasteiger partial charge in [-0.15, -0.1) is 10.2 Å². The van der Waals surface area contributed by atoms with Crippen LogP contribution in [0.1, 0.15) is 45.4 Å². The number of benzene rings is 2. The Hall–Kier alpha value is -3.19. The van der Waals surface area contributed by atoms with Crippen LogP contribution in [0.2, 0.25) is 5.15 Å². The summed E-state index contributed by atoms with van der Waals surface area (Å²) >= 11 is 6.72. The molecule has 2 aromatic carbocycles. The van der Waals surface area contributed by atoms with E-state index >= 15 is 0 Å². The Morgan fingerprint density at radius 3 is 2.26 bits per heavy atom. The number of nitrogens with one attached hydrogen (secondary N) is 1. The molecule has 2 heterocycles. The van der Waals surface area contributed by atoms with Crippen LogP contribution >= 0.6 is 11.6 Å². The third-order valence-corrected chi connectivity index (χ3v) is 6.31. The number of aromatic nitrogens is 6. The second-order valence-corrected chi connectivity index (χ2v) is 9.88. The summed E-state index contributed by atoms with van der Waals surface area (Å²) in [4.78, 5) is 13.3. The third kappa shape index (κ3) is 5.14. The van der Waals surface area contributed by atoms with Crippen molar-refractivity contribution in [1.82, 2.24) is 29.8 Å². The van der Waals surface area contributed by atoms with E-state index in [1.165, 1.54) is 0 Å². The Kier molecular flexibility index (Phi) is 7.32. The highest BCUT2D eigenvalue weighted by Gasteiger charge is 2.20. The molecule has 0 amide bonds. The summed E-state index contributed by atoms with van der Waals surface area (Å²) in [6.45, 7) is 9.67. The van der Waals surface area contributed by atoms with Gasteiger partial charge in [-0.3, -0.25) is 9.13 Å². The van der Waals surface area contributed by atoms with Crippen LogP contribution < -0.4 is 5.69 Å². The Morgan fingerprint density at radius 2 is 1.65 bits per heavy atom. The normalized spacial score (nSPS) is 11.6. The van der Waals surface area contributed by atoms with Gasteiger partial charge in [0.25, 0.3) is 0 Å². The summed E-state index contributed by atoms with van der Waals surface area (Å²) in [5.41, 5.74) is 4.92. The molecule has 4 rings (SSSR count). The van der Waals surface area contributed by atoms with Crippen LogP contribution in [-0.2, 0) is 19.5 Å². The van der Waals surface area contributed by atoms with Gasteiger partial charge < -0.3 is 0 Å². The van der Waals surface area contributed by atoms with E-state index in [1.54, 1.807) is 4.57 Å². The third-order valence-electron chi connectivity index (χ3n) is 5.89. The zero-order valence-electron chi connectivity index (χ0n) is 20.1. The van der Waals surface area contributed by atoms with E-state index in [-0.39, 0.29) is 5.69 Å². The Balaban J connectivity index is 1.65. The molecule has 0 aliphatic heterocycles. The van der Waals surface area contributed by atoms with Crippen LogP contribution in [0.5, 0.6) is 0 Å². The standard InChI is InChI=1S/C26H31ClN6O/c1-17(2)9-14-23-24(27)33(15-18(3)4)26(34)32(23)16-19-10-12-20(13-11-19)21-7-5-6-8-22(21)25-28-30-31-29-25/h5-8,10-13,17-18H,9,14-16H2,1-4H3,(H,28,29,30,31). The number of nitrogens with zero attached hydrogens (tertiary/aromatic N) is 5. The Bertz CT molecular complexity index is 1290. The zero-order chi connectivity index (χ0) is 24.2. The van der Waals surface area contributed by atoms with Crippen LogP contribution in [0.4, 0.5) is 0 Å². The summed E-state index contributed by atoms with van der Waals surface area (Å²) in [5.74, 6) is 1.43. The lowest BCUT2D eigenvalue weighted by atomic mass is 9.98. The number of hydrogen-bond donors (Lipinski definition) is 1. The molecule has 0 aliphatic rings. The highest BCUT2D eigenvalue weighted by atomic mass is 35.5. The number of H-pyrrole nitrogens is 1. The predicted molar refractivity (Wildman–Crippen MR) is 136 cm³/mol. The van der Waals surface area contributed by atoms with Crippen LogP contribution in [-0.4, -0.2) is 29.8 Å². The van der Waals surface area contributed by atoms with Crippen molar-refractivity contribution in [3.63, 3.8) is 0 Å². The van der Waals surface area contributed by atoms with E-state index < -0.39 is 0 Å². The smallest absolute Gasteiger partial charge is 0.290 e. The Labute approximate surface area is 204 Å². The molecule has 178 valence electrons.